The Balaban J connectivity index is 1.88. The molecule has 0 bridgehead atoms. The fourth-order valence-electron chi connectivity index (χ4n) is 1.99. The van der Waals surface area contributed by atoms with E-state index in [9.17, 15) is 8.42 Å². The Morgan fingerprint density at radius 3 is 2.33 bits per heavy atom. The summed E-state index contributed by atoms with van der Waals surface area (Å²) in [6.07, 6.45) is 0.441. The van der Waals surface area contributed by atoms with Gasteiger partial charge < -0.3 is 10.5 Å². The van der Waals surface area contributed by atoms with E-state index in [0.717, 1.165) is 11.3 Å². The zero-order valence-electron chi connectivity index (χ0n) is 11.7. The number of nitrogens with two attached hydrogens (primary N) is 1. The first kappa shape index (κ1) is 15.5. The number of rotatable bonds is 7. The van der Waals surface area contributed by atoms with Crippen molar-refractivity contribution in [3.8, 4) is 5.75 Å². The van der Waals surface area contributed by atoms with Crippen molar-refractivity contribution in [3.63, 3.8) is 0 Å². The predicted molar refractivity (Wildman–Crippen MR) is 82.9 cm³/mol. The summed E-state index contributed by atoms with van der Waals surface area (Å²) in [5.74, 6) is 0.791. The van der Waals surface area contributed by atoms with Gasteiger partial charge in [-0.15, -0.1) is 0 Å². The van der Waals surface area contributed by atoms with Gasteiger partial charge in [-0.3, -0.25) is 0 Å². The van der Waals surface area contributed by atoms with E-state index in [1.54, 1.807) is 30.3 Å². The summed E-state index contributed by atoms with van der Waals surface area (Å²) in [6.45, 7) is 0.752. The molecule has 0 aliphatic rings. The zero-order valence-corrected chi connectivity index (χ0v) is 12.6. The Labute approximate surface area is 125 Å². The number of para-hydroxylation sites is 1. The first-order valence-corrected chi connectivity index (χ1v) is 8.47. The van der Waals surface area contributed by atoms with E-state index in [4.69, 9.17) is 10.5 Å². The van der Waals surface area contributed by atoms with Crippen LogP contribution in [0.25, 0.3) is 0 Å². The third-order valence-electron chi connectivity index (χ3n) is 3.11. The minimum Gasteiger partial charge on any atom is -0.493 e. The van der Waals surface area contributed by atoms with Crippen LogP contribution < -0.4 is 10.5 Å². The van der Waals surface area contributed by atoms with E-state index in [0.29, 0.717) is 24.5 Å². The molecule has 0 saturated carbocycles. The maximum Gasteiger partial charge on any atom is 0.178 e. The lowest BCUT2D eigenvalue weighted by molar-refractivity contribution is 0.314. The van der Waals surface area contributed by atoms with Gasteiger partial charge in [0, 0.05) is 12.1 Å². The van der Waals surface area contributed by atoms with Crippen LogP contribution in [0.4, 0.5) is 0 Å². The van der Waals surface area contributed by atoms with E-state index < -0.39 is 9.84 Å². The molecular formula is C16H19NO3S. The Morgan fingerprint density at radius 2 is 1.62 bits per heavy atom. The average Bonchev–Trinajstić information content (AvgIpc) is 2.53. The van der Waals surface area contributed by atoms with Crippen molar-refractivity contribution in [2.45, 2.75) is 17.9 Å². The summed E-state index contributed by atoms with van der Waals surface area (Å²) in [5.41, 5.74) is 6.54. The standard InChI is InChI=1S/C16H19NO3S/c17-13-14-7-4-5-10-16(14)20-11-6-12-21(18,19)15-8-2-1-3-9-15/h1-5,7-10H,6,11-13,17H2. The Morgan fingerprint density at radius 1 is 0.952 bits per heavy atom. The largest absolute Gasteiger partial charge is 0.493 e. The third-order valence-corrected chi connectivity index (χ3v) is 4.93. The van der Waals surface area contributed by atoms with Gasteiger partial charge >= 0.3 is 0 Å². The third kappa shape index (κ3) is 4.31. The molecule has 0 radical (unpaired) electrons. The first-order chi connectivity index (χ1) is 10.1. The van der Waals surface area contributed by atoms with Crippen LogP contribution in [-0.2, 0) is 16.4 Å². The molecule has 2 N–H and O–H groups in total. The number of sulfone groups is 1. The van der Waals surface area contributed by atoms with Crippen LogP contribution in [-0.4, -0.2) is 20.8 Å². The minimum atomic E-state index is -3.24. The molecule has 0 amide bonds. The van der Waals surface area contributed by atoms with Crippen LogP contribution in [0.5, 0.6) is 5.75 Å². The molecule has 0 spiro atoms. The van der Waals surface area contributed by atoms with Crippen LogP contribution in [0.2, 0.25) is 0 Å². The molecule has 21 heavy (non-hydrogen) atoms. The number of hydrogen-bond acceptors (Lipinski definition) is 4. The second-order valence-electron chi connectivity index (χ2n) is 4.65. The lowest BCUT2D eigenvalue weighted by atomic mass is 10.2. The van der Waals surface area contributed by atoms with Crippen molar-refractivity contribution in [1.29, 1.82) is 0 Å². The molecule has 2 aromatic rings. The highest BCUT2D eigenvalue weighted by Gasteiger charge is 2.13. The Hall–Kier alpha value is -1.85. The molecule has 0 unspecified atom stereocenters. The molecule has 0 saturated heterocycles. The number of hydrogen-bond donors (Lipinski definition) is 1. The summed E-state index contributed by atoms with van der Waals surface area (Å²) in [6, 6.07) is 16.0. The Kier molecular flexibility index (Phi) is 5.36. The summed E-state index contributed by atoms with van der Waals surface area (Å²) in [5, 5.41) is 0. The maximum atomic E-state index is 12.1. The van der Waals surface area contributed by atoms with Gasteiger partial charge in [-0.25, -0.2) is 8.42 Å². The first-order valence-electron chi connectivity index (χ1n) is 6.82. The van der Waals surface area contributed by atoms with Gasteiger partial charge in [0.1, 0.15) is 5.75 Å². The van der Waals surface area contributed by atoms with Gasteiger partial charge in [0.05, 0.1) is 17.3 Å². The van der Waals surface area contributed by atoms with Gasteiger partial charge in [-0.1, -0.05) is 36.4 Å². The topological polar surface area (TPSA) is 69.4 Å². The molecule has 0 aromatic heterocycles. The highest BCUT2D eigenvalue weighted by Crippen LogP contribution is 2.17. The van der Waals surface area contributed by atoms with Crippen LogP contribution in [0.15, 0.2) is 59.5 Å². The van der Waals surface area contributed by atoms with E-state index in [1.807, 2.05) is 24.3 Å². The maximum absolute atomic E-state index is 12.1. The molecule has 4 nitrogen and oxygen atoms in total. The Bertz CT molecular complexity index is 669. The van der Waals surface area contributed by atoms with Crippen LogP contribution in [0, 0.1) is 0 Å². The normalized spacial score (nSPS) is 11.3. The lowest BCUT2D eigenvalue weighted by Crippen LogP contribution is -2.11. The van der Waals surface area contributed by atoms with E-state index in [-0.39, 0.29) is 5.75 Å². The summed E-state index contributed by atoms with van der Waals surface area (Å²) in [7, 11) is -3.24. The van der Waals surface area contributed by atoms with Crippen molar-refractivity contribution in [2.24, 2.45) is 5.73 Å². The minimum absolute atomic E-state index is 0.0712. The zero-order chi connectivity index (χ0) is 15.1. The van der Waals surface area contributed by atoms with Gasteiger partial charge in [-0.2, -0.15) is 0 Å². The second-order valence-corrected chi connectivity index (χ2v) is 6.75. The highest BCUT2D eigenvalue weighted by atomic mass is 32.2. The van der Waals surface area contributed by atoms with Crippen LogP contribution in [0.3, 0.4) is 0 Å². The summed E-state index contributed by atoms with van der Waals surface area (Å²) in [4.78, 5) is 0.354. The van der Waals surface area contributed by atoms with Crippen molar-refractivity contribution in [3.05, 3.63) is 60.2 Å². The molecule has 112 valence electrons. The van der Waals surface area contributed by atoms with Crippen LogP contribution >= 0.6 is 0 Å². The number of benzene rings is 2. The molecule has 2 aromatic carbocycles. The predicted octanol–water partition coefficient (Wildman–Crippen LogP) is 2.39. The fourth-order valence-corrected chi connectivity index (χ4v) is 3.30. The van der Waals surface area contributed by atoms with Gasteiger partial charge in [0.2, 0.25) is 0 Å². The quantitative estimate of drug-likeness (QED) is 0.797. The number of ether oxygens (including phenoxy) is 1. The molecule has 0 fully saturated rings. The molecule has 5 heteroatoms. The molecule has 0 aliphatic heterocycles. The molecule has 0 heterocycles. The second kappa shape index (κ2) is 7.24. The van der Waals surface area contributed by atoms with Crippen molar-refractivity contribution in [2.75, 3.05) is 12.4 Å². The van der Waals surface area contributed by atoms with E-state index in [1.165, 1.54) is 0 Å². The monoisotopic (exact) mass is 305 g/mol. The molecule has 2 rings (SSSR count). The molecular weight excluding hydrogens is 286 g/mol. The molecule has 0 aliphatic carbocycles. The van der Waals surface area contributed by atoms with Gasteiger partial charge in [0.15, 0.2) is 9.84 Å². The lowest BCUT2D eigenvalue weighted by Gasteiger charge is -2.10. The fraction of sp³-hybridized carbons (Fsp3) is 0.250. The highest BCUT2D eigenvalue weighted by molar-refractivity contribution is 7.91. The summed E-state index contributed by atoms with van der Waals surface area (Å²) < 4.78 is 29.8. The van der Waals surface area contributed by atoms with Crippen molar-refractivity contribution in [1.82, 2.24) is 0 Å². The summed E-state index contributed by atoms with van der Waals surface area (Å²) >= 11 is 0. The average molecular weight is 305 g/mol. The SMILES string of the molecule is NCc1ccccc1OCCCS(=O)(=O)c1ccccc1. The smallest absolute Gasteiger partial charge is 0.178 e. The molecule has 0 atom stereocenters. The van der Waals surface area contributed by atoms with Crippen LogP contribution in [0.1, 0.15) is 12.0 Å². The van der Waals surface area contributed by atoms with Crippen molar-refractivity contribution < 1.29 is 13.2 Å². The van der Waals surface area contributed by atoms with E-state index in [2.05, 4.69) is 0 Å². The van der Waals surface area contributed by atoms with Crippen molar-refractivity contribution >= 4 is 9.84 Å². The van der Waals surface area contributed by atoms with Gasteiger partial charge in [-0.05, 0) is 24.6 Å². The van der Waals surface area contributed by atoms with E-state index >= 15 is 0 Å². The van der Waals surface area contributed by atoms with Gasteiger partial charge in [0.25, 0.3) is 0 Å².